The third kappa shape index (κ3) is 3.94. The van der Waals surface area contributed by atoms with E-state index in [9.17, 15) is 9.59 Å². The van der Waals surface area contributed by atoms with Crippen LogP contribution in [-0.2, 0) is 4.79 Å². The number of aromatic nitrogens is 1. The molecule has 1 aliphatic heterocycles. The molecule has 2 aromatic rings. The van der Waals surface area contributed by atoms with Gasteiger partial charge in [-0.15, -0.1) is 0 Å². The monoisotopic (exact) mass is 387 g/mol. The van der Waals surface area contributed by atoms with Gasteiger partial charge in [0.15, 0.2) is 5.78 Å². The average Bonchev–Trinajstić information content (AvgIpc) is 2.95. The first-order valence-corrected chi connectivity index (χ1v) is 9.66. The van der Waals surface area contributed by atoms with Crippen molar-refractivity contribution in [3.63, 3.8) is 0 Å². The maximum absolute atomic E-state index is 13.2. The lowest BCUT2D eigenvalue weighted by Gasteiger charge is -2.37. The highest BCUT2D eigenvalue weighted by atomic mass is 35.5. The van der Waals surface area contributed by atoms with Crippen molar-refractivity contribution < 1.29 is 9.59 Å². The molecule has 1 amide bonds. The second-order valence-corrected chi connectivity index (χ2v) is 7.62. The Kier molecular flexibility index (Phi) is 5.72. The molecule has 0 aliphatic carbocycles. The third-order valence-corrected chi connectivity index (χ3v) is 5.72. The summed E-state index contributed by atoms with van der Waals surface area (Å²) in [4.78, 5) is 28.7. The predicted octanol–water partition coefficient (Wildman–Crippen LogP) is 3.48. The highest BCUT2D eigenvalue weighted by molar-refractivity contribution is 6.30. The maximum Gasteiger partial charge on any atom is 0.219 e. The molecule has 27 heavy (non-hydrogen) atoms. The number of halogens is 1. The van der Waals surface area contributed by atoms with E-state index in [4.69, 9.17) is 11.6 Å². The number of amides is 1. The van der Waals surface area contributed by atoms with Gasteiger partial charge in [0.05, 0.1) is 6.04 Å². The molecular weight excluding hydrogens is 362 g/mol. The van der Waals surface area contributed by atoms with Crippen LogP contribution in [0, 0.1) is 13.8 Å². The number of ketones is 1. The SMILES string of the molecule is CC(=O)N1CCN([C@H](C)C(=O)c2cc(C)n(-c3ccc(Cl)cc3)c2C)CC1. The summed E-state index contributed by atoms with van der Waals surface area (Å²) in [5.41, 5.74) is 3.71. The highest BCUT2D eigenvalue weighted by Crippen LogP contribution is 2.24. The van der Waals surface area contributed by atoms with E-state index < -0.39 is 0 Å². The van der Waals surface area contributed by atoms with E-state index in [1.54, 1.807) is 6.92 Å². The van der Waals surface area contributed by atoms with Crippen molar-refractivity contribution in [1.82, 2.24) is 14.4 Å². The predicted molar refractivity (Wildman–Crippen MR) is 108 cm³/mol. The summed E-state index contributed by atoms with van der Waals surface area (Å²) in [5, 5.41) is 0.691. The summed E-state index contributed by atoms with van der Waals surface area (Å²) < 4.78 is 2.09. The van der Waals surface area contributed by atoms with Crippen LogP contribution in [0.3, 0.4) is 0 Å². The van der Waals surface area contributed by atoms with Crippen molar-refractivity contribution >= 4 is 23.3 Å². The topological polar surface area (TPSA) is 45.6 Å². The van der Waals surface area contributed by atoms with E-state index in [0.29, 0.717) is 18.1 Å². The van der Waals surface area contributed by atoms with Gasteiger partial charge in [-0.05, 0) is 51.1 Å². The van der Waals surface area contributed by atoms with Crippen LogP contribution in [0.1, 0.15) is 35.6 Å². The van der Waals surface area contributed by atoms with E-state index >= 15 is 0 Å². The lowest BCUT2D eigenvalue weighted by atomic mass is 10.0. The zero-order valence-electron chi connectivity index (χ0n) is 16.3. The lowest BCUT2D eigenvalue weighted by molar-refractivity contribution is -0.130. The molecule has 0 N–H and O–H groups in total. The Morgan fingerprint density at radius 3 is 2.19 bits per heavy atom. The second-order valence-electron chi connectivity index (χ2n) is 7.18. The standard InChI is InChI=1S/C21H26ClN3O2/c1-14-13-20(15(2)25(14)19-7-5-18(22)6-8-19)21(27)16(3)23-9-11-24(12-10-23)17(4)26/h5-8,13,16H,9-12H2,1-4H3/t16-/m1/s1. The van der Waals surface area contributed by atoms with Gasteiger partial charge in [0.25, 0.3) is 0 Å². The molecule has 1 atom stereocenters. The number of carbonyl (C=O) groups excluding carboxylic acids is 2. The molecule has 6 heteroatoms. The molecule has 0 radical (unpaired) electrons. The van der Waals surface area contributed by atoms with Gasteiger partial charge in [0.1, 0.15) is 0 Å². The number of benzene rings is 1. The molecule has 0 unspecified atom stereocenters. The Bertz CT molecular complexity index is 849. The van der Waals surface area contributed by atoms with Crippen LogP contribution >= 0.6 is 11.6 Å². The van der Waals surface area contributed by atoms with E-state index in [-0.39, 0.29) is 17.7 Å². The first-order chi connectivity index (χ1) is 12.8. The fourth-order valence-corrected chi connectivity index (χ4v) is 3.94. The Hall–Kier alpha value is -2.11. The molecule has 1 fully saturated rings. The number of aryl methyl sites for hydroxylation is 1. The van der Waals surface area contributed by atoms with Crippen molar-refractivity contribution in [2.75, 3.05) is 26.2 Å². The van der Waals surface area contributed by atoms with Crippen LogP contribution in [0.15, 0.2) is 30.3 Å². The normalized spacial score (nSPS) is 16.4. The van der Waals surface area contributed by atoms with E-state index in [1.807, 2.05) is 56.0 Å². The molecular formula is C21H26ClN3O2. The molecule has 1 saturated heterocycles. The number of carbonyl (C=O) groups is 2. The second kappa shape index (κ2) is 7.87. The van der Waals surface area contributed by atoms with Crippen molar-refractivity contribution in [2.45, 2.75) is 33.7 Å². The number of hydrogen-bond donors (Lipinski definition) is 0. The van der Waals surface area contributed by atoms with Crippen LogP contribution in [0.2, 0.25) is 5.02 Å². The molecule has 3 rings (SSSR count). The number of rotatable bonds is 4. The average molecular weight is 388 g/mol. The number of hydrogen-bond acceptors (Lipinski definition) is 3. The minimum atomic E-state index is -0.210. The minimum Gasteiger partial charge on any atom is -0.340 e. The third-order valence-electron chi connectivity index (χ3n) is 5.47. The van der Waals surface area contributed by atoms with Crippen molar-refractivity contribution in [2.24, 2.45) is 0 Å². The summed E-state index contributed by atoms with van der Waals surface area (Å²) in [6.45, 7) is 10.3. The van der Waals surface area contributed by atoms with Crippen LogP contribution in [0.5, 0.6) is 0 Å². The van der Waals surface area contributed by atoms with E-state index in [0.717, 1.165) is 35.7 Å². The van der Waals surface area contributed by atoms with Crippen molar-refractivity contribution in [3.05, 3.63) is 52.3 Å². The van der Waals surface area contributed by atoms with Crippen molar-refractivity contribution in [1.29, 1.82) is 0 Å². The van der Waals surface area contributed by atoms with Crippen LogP contribution in [0.25, 0.3) is 5.69 Å². The molecule has 0 saturated carbocycles. The van der Waals surface area contributed by atoms with Crippen LogP contribution in [-0.4, -0.2) is 58.3 Å². The molecule has 1 aromatic carbocycles. The van der Waals surface area contributed by atoms with Gasteiger partial charge in [0.2, 0.25) is 5.91 Å². The van der Waals surface area contributed by atoms with E-state index in [2.05, 4.69) is 9.47 Å². The van der Waals surface area contributed by atoms with Gasteiger partial charge < -0.3 is 9.47 Å². The first kappa shape index (κ1) is 19.6. The lowest BCUT2D eigenvalue weighted by Crippen LogP contribution is -2.52. The van der Waals surface area contributed by atoms with Gasteiger partial charge in [-0.1, -0.05) is 11.6 Å². The zero-order chi connectivity index (χ0) is 19.7. The Balaban J connectivity index is 1.80. The number of Topliss-reactive ketones (excluding diaryl/α,β-unsaturated/α-hetero) is 1. The smallest absolute Gasteiger partial charge is 0.219 e. The summed E-state index contributed by atoms with van der Waals surface area (Å²) in [6.07, 6.45) is 0. The summed E-state index contributed by atoms with van der Waals surface area (Å²) in [5.74, 6) is 0.222. The van der Waals surface area contributed by atoms with Gasteiger partial charge >= 0.3 is 0 Å². The Morgan fingerprint density at radius 2 is 1.63 bits per heavy atom. The Morgan fingerprint density at radius 1 is 1.04 bits per heavy atom. The van der Waals surface area contributed by atoms with Gasteiger partial charge in [-0.3, -0.25) is 14.5 Å². The van der Waals surface area contributed by atoms with Crippen LogP contribution in [0.4, 0.5) is 0 Å². The van der Waals surface area contributed by atoms with Gasteiger partial charge in [-0.2, -0.15) is 0 Å². The minimum absolute atomic E-state index is 0.0974. The summed E-state index contributed by atoms with van der Waals surface area (Å²) in [7, 11) is 0. The fraction of sp³-hybridized carbons (Fsp3) is 0.429. The fourth-order valence-electron chi connectivity index (χ4n) is 3.81. The quantitative estimate of drug-likeness (QED) is 0.754. The molecule has 0 spiro atoms. The molecule has 144 valence electrons. The Labute approximate surface area is 165 Å². The number of piperazine rings is 1. The summed E-state index contributed by atoms with van der Waals surface area (Å²) >= 11 is 6.00. The maximum atomic E-state index is 13.2. The number of nitrogens with zero attached hydrogens (tertiary/aromatic N) is 3. The largest absolute Gasteiger partial charge is 0.340 e. The first-order valence-electron chi connectivity index (χ1n) is 9.28. The summed E-state index contributed by atoms with van der Waals surface area (Å²) in [6, 6.07) is 9.39. The molecule has 5 nitrogen and oxygen atoms in total. The highest BCUT2D eigenvalue weighted by Gasteiger charge is 2.29. The molecule has 1 aliphatic rings. The molecule has 1 aromatic heterocycles. The van der Waals surface area contributed by atoms with Gasteiger partial charge in [0, 0.05) is 60.8 Å². The van der Waals surface area contributed by atoms with Gasteiger partial charge in [-0.25, -0.2) is 0 Å². The van der Waals surface area contributed by atoms with E-state index in [1.165, 1.54) is 0 Å². The molecule has 0 bridgehead atoms. The zero-order valence-corrected chi connectivity index (χ0v) is 17.1. The van der Waals surface area contributed by atoms with Crippen LogP contribution < -0.4 is 0 Å². The van der Waals surface area contributed by atoms with Crippen molar-refractivity contribution in [3.8, 4) is 5.69 Å². The molecule has 2 heterocycles.